The third kappa shape index (κ3) is 9.14. The van der Waals surface area contributed by atoms with E-state index >= 15 is 0 Å². The summed E-state index contributed by atoms with van der Waals surface area (Å²) in [5.41, 5.74) is 19.4. The Hall–Kier alpha value is -11.8. The van der Waals surface area contributed by atoms with Crippen molar-refractivity contribution in [1.82, 2.24) is 24.1 Å². The summed E-state index contributed by atoms with van der Waals surface area (Å²) in [6.45, 7) is 0. The van der Waals surface area contributed by atoms with Gasteiger partial charge in [-0.15, -0.1) is 0 Å². The number of imidazole rings is 2. The molecule has 0 aliphatic rings. The summed E-state index contributed by atoms with van der Waals surface area (Å²) in [6.07, 6.45) is 0. The molecular weight excluding hydrogens is 1090 g/mol. The van der Waals surface area contributed by atoms with Crippen LogP contribution in [0.5, 0.6) is 0 Å². The van der Waals surface area contributed by atoms with Crippen LogP contribution in [0.25, 0.3) is 176 Å². The highest BCUT2D eigenvalue weighted by molar-refractivity contribution is 6.23. The molecule has 0 aliphatic heterocycles. The van der Waals surface area contributed by atoms with Crippen molar-refractivity contribution in [2.24, 2.45) is 14.1 Å². The predicted octanol–water partition coefficient (Wildman–Crippen LogP) is 22.3. The number of hydrogen-bond donors (Lipinski definition) is 0. The number of rotatable bonds is 7. The van der Waals surface area contributed by atoms with Crippen molar-refractivity contribution >= 4 is 97.6 Å². The van der Waals surface area contributed by atoms with E-state index in [-0.39, 0.29) is 0 Å². The Morgan fingerprint density at radius 2 is 0.589 bits per heavy atom. The molecule has 422 valence electrons. The first-order chi connectivity index (χ1) is 44.4. The summed E-state index contributed by atoms with van der Waals surface area (Å²) < 4.78 is 4.32. The molecule has 3 heterocycles. The SMILES string of the molecule is Cn1c(-c2ccc(-c3ccc4ccc(-c5ccc(-c6nc7ccccc7n6C)cc5)cc4c3)cc2)nc2ccccc21.c1ccc2cc(-c3c4ccccc4c(-c4ccc5ccccc5c4)c4cc(-c5ccc6ccc7ccccc7c6n5)ccc34)ccc2c1. The second-order valence-electron chi connectivity index (χ2n) is 23.6. The number of hydrogen-bond acceptors (Lipinski definition) is 3. The number of nitrogens with zero attached hydrogens (tertiary/aromatic N) is 5. The van der Waals surface area contributed by atoms with Crippen LogP contribution in [-0.2, 0) is 14.1 Å². The lowest BCUT2D eigenvalue weighted by atomic mass is 9.84. The molecule has 18 aromatic rings. The summed E-state index contributed by atoms with van der Waals surface area (Å²) in [7, 11) is 4.15. The molecule has 5 nitrogen and oxygen atoms in total. The maximum atomic E-state index is 5.30. The lowest BCUT2D eigenvalue weighted by Crippen LogP contribution is -1.93. The zero-order valence-electron chi connectivity index (χ0n) is 49.7. The predicted molar refractivity (Wildman–Crippen MR) is 380 cm³/mol. The van der Waals surface area contributed by atoms with Gasteiger partial charge in [-0.1, -0.05) is 249 Å². The normalized spacial score (nSPS) is 11.7. The molecule has 3 aromatic heterocycles. The summed E-state index contributed by atoms with van der Waals surface area (Å²) in [5.74, 6) is 1.96. The van der Waals surface area contributed by atoms with Gasteiger partial charge in [0.1, 0.15) is 11.6 Å². The molecule has 0 fully saturated rings. The van der Waals surface area contributed by atoms with Gasteiger partial charge in [-0.3, -0.25) is 0 Å². The fourth-order valence-corrected chi connectivity index (χ4v) is 13.7. The van der Waals surface area contributed by atoms with Gasteiger partial charge in [0.25, 0.3) is 0 Å². The Balaban J connectivity index is 0.000000140. The van der Waals surface area contributed by atoms with Gasteiger partial charge in [0, 0.05) is 41.6 Å². The van der Waals surface area contributed by atoms with Crippen LogP contribution in [0.4, 0.5) is 0 Å². The third-order valence-corrected chi connectivity index (χ3v) is 18.3. The van der Waals surface area contributed by atoms with Crippen LogP contribution in [0.1, 0.15) is 0 Å². The average molecular weight is 1150 g/mol. The van der Waals surface area contributed by atoms with Gasteiger partial charge in [-0.2, -0.15) is 0 Å². The second kappa shape index (κ2) is 21.6. The minimum atomic E-state index is 0.977. The molecule has 0 atom stereocenters. The molecule has 0 N–H and O–H groups in total. The van der Waals surface area contributed by atoms with E-state index in [4.69, 9.17) is 15.0 Å². The number of aryl methyl sites for hydroxylation is 2. The first-order valence-electron chi connectivity index (χ1n) is 30.7. The highest BCUT2D eigenvalue weighted by atomic mass is 15.1. The monoisotopic (exact) mass is 1150 g/mol. The minimum Gasteiger partial charge on any atom is -0.327 e. The van der Waals surface area contributed by atoms with Crippen molar-refractivity contribution in [3.63, 3.8) is 0 Å². The van der Waals surface area contributed by atoms with Crippen molar-refractivity contribution in [3.05, 3.63) is 309 Å². The van der Waals surface area contributed by atoms with Gasteiger partial charge in [-0.05, 0) is 164 Å². The number of benzene rings is 15. The minimum absolute atomic E-state index is 0.977. The zero-order chi connectivity index (χ0) is 59.8. The van der Waals surface area contributed by atoms with Crippen LogP contribution in [0.2, 0.25) is 0 Å². The molecule has 0 radical (unpaired) electrons. The summed E-state index contributed by atoms with van der Waals surface area (Å²) in [5, 5.41) is 15.9. The average Bonchev–Trinajstić information content (AvgIpc) is 1.53. The largest absolute Gasteiger partial charge is 0.327 e. The first kappa shape index (κ1) is 52.5. The molecule has 0 unspecified atom stereocenters. The van der Waals surface area contributed by atoms with E-state index in [1.54, 1.807) is 0 Å². The molecule has 90 heavy (non-hydrogen) atoms. The van der Waals surface area contributed by atoms with Crippen molar-refractivity contribution in [2.75, 3.05) is 0 Å². The molecule has 0 amide bonds. The molecule has 5 heteroatoms. The lowest BCUT2D eigenvalue weighted by molar-refractivity contribution is 0.959. The number of pyridine rings is 1. The highest BCUT2D eigenvalue weighted by Gasteiger charge is 2.20. The van der Waals surface area contributed by atoms with Gasteiger partial charge in [0.15, 0.2) is 0 Å². The van der Waals surface area contributed by atoms with Crippen LogP contribution >= 0.6 is 0 Å². The molecule has 18 rings (SSSR count). The Labute approximate surface area is 520 Å². The van der Waals surface area contributed by atoms with Crippen molar-refractivity contribution in [3.8, 4) is 78.5 Å². The maximum absolute atomic E-state index is 5.30. The van der Waals surface area contributed by atoms with Crippen LogP contribution in [-0.4, -0.2) is 24.1 Å². The standard InChI is InChI=1S/C47H29N.C38H28N4/c1-3-12-34-27-37(21-17-30(34)9-1)45-40-15-7-8-16-41(40)46(38-22-18-31-10-2-4-13-35(31)28-38)43-29-36(23-25-42(43)45)44-26-24-33-20-19-32-11-5-6-14-39(32)47(33)48-44;1-41-35-9-5-3-7-33(35)39-37(41)28-17-11-25(12-18-28)30-21-15-27-16-22-31(24-32(27)23-30)26-13-19-29(20-14-26)38-40-34-8-4-6-10-36(34)42(38)2/h1-29H;3-24H,1-2H3. The molecule has 15 aromatic carbocycles. The first-order valence-corrected chi connectivity index (χ1v) is 30.7. The summed E-state index contributed by atoms with van der Waals surface area (Å²) in [4.78, 5) is 15.0. The molecule has 0 saturated heterocycles. The van der Waals surface area contributed by atoms with E-state index in [9.17, 15) is 0 Å². The van der Waals surface area contributed by atoms with Gasteiger partial charge >= 0.3 is 0 Å². The maximum Gasteiger partial charge on any atom is 0.140 e. The van der Waals surface area contributed by atoms with Crippen LogP contribution < -0.4 is 0 Å². The molecular formula is C85H57N5. The van der Waals surface area contributed by atoms with E-state index in [2.05, 4.69) is 320 Å². The molecule has 0 saturated carbocycles. The van der Waals surface area contributed by atoms with Gasteiger partial charge in [-0.25, -0.2) is 15.0 Å². The van der Waals surface area contributed by atoms with E-state index in [0.717, 1.165) is 67.0 Å². The molecule has 0 spiro atoms. The molecule has 0 aliphatic carbocycles. The fraction of sp³-hybridized carbons (Fsp3) is 0.0235. The van der Waals surface area contributed by atoms with E-state index < -0.39 is 0 Å². The molecule has 0 bridgehead atoms. The highest BCUT2D eigenvalue weighted by Crippen LogP contribution is 2.46. The fourth-order valence-electron chi connectivity index (χ4n) is 13.7. The zero-order valence-corrected chi connectivity index (χ0v) is 49.7. The lowest BCUT2D eigenvalue weighted by Gasteiger charge is -2.19. The van der Waals surface area contributed by atoms with Gasteiger partial charge in [0.2, 0.25) is 0 Å². The van der Waals surface area contributed by atoms with E-state index in [1.165, 1.54) is 109 Å². The van der Waals surface area contributed by atoms with Gasteiger partial charge < -0.3 is 9.13 Å². The Morgan fingerprint density at radius 1 is 0.222 bits per heavy atom. The second-order valence-corrected chi connectivity index (χ2v) is 23.6. The Morgan fingerprint density at radius 3 is 1.13 bits per heavy atom. The van der Waals surface area contributed by atoms with Crippen LogP contribution in [0.3, 0.4) is 0 Å². The van der Waals surface area contributed by atoms with Crippen molar-refractivity contribution in [1.29, 1.82) is 0 Å². The quantitative estimate of drug-likeness (QED) is 0.118. The smallest absolute Gasteiger partial charge is 0.140 e. The van der Waals surface area contributed by atoms with E-state index in [0.29, 0.717) is 0 Å². The summed E-state index contributed by atoms with van der Waals surface area (Å²) in [6, 6.07) is 112. The van der Waals surface area contributed by atoms with Gasteiger partial charge in [0.05, 0.1) is 33.3 Å². The number of aromatic nitrogens is 5. The van der Waals surface area contributed by atoms with Crippen LogP contribution in [0, 0.1) is 0 Å². The Kier molecular flexibility index (Phi) is 12.6. The third-order valence-electron chi connectivity index (χ3n) is 18.3. The van der Waals surface area contributed by atoms with E-state index in [1.807, 2.05) is 12.1 Å². The Bertz CT molecular complexity index is 5710. The van der Waals surface area contributed by atoms with Crippen LogP contribution in [0.15, 0.2) is 309 Å². The van der Waals surface area contributed by atoms with Crippen molar-refractivity contribution in [2.45, 2.75) is 0 Å². The number of para-hydroxylation sites is 4. The van der Waals surface area contributed by atoms with Crippen molar-refractivity contribution < 1.29 is 0 Å². The number of fused-ring (bicyclic) bond motifs is 10. The topological polar surface area (TPSA) is 48.5 Å². The summed E-state index contributed by atoms with van der Waals surface area (Å²) >= 11 is 0.